The number of hydrogen-bond donors (Lipinski definition) is 0. The van der Waals surface area contributed by atoms with Gasteiger partial charge in [-0.2, -0.15) is 0 Å². The molecule has 0 amide bonds. The van der Waals surface area contributed by atoms with Gasteiger partial charge in [0, 0.05) is 10.3 Å². The summed E-state index contributed by atoms with van der Waals surface area (Å²) in [7, 11) is 0. The number of rotatable bonds is 1. The van der Waals surface area contributed by atoms with Crippen LogP contribution in [0.1, 0.15) is 5.56 Å². The van der Waals surface area contributed by atoms with E-state index < -0.39 is 0 Å². The first-order valence-corrected chi connectivity index (χ1v) is 5.61. The molecule has 1 heterocycles. The van der Waals surface area contributed by atoms with Crippen molar-refractivity contribution in [3.05, 3.63) is 44.1 Å². The molecule has 0 atom stereocenters. The highest BCUT2D eigenvalue weighted by atomic mass is 32.2. The van der Waals surface area contributed by atoms with Crippen molar-refractivity contribution >= 4 is 22.7 Å². The third kappa shape index (κ3) is 1.87. The fourth-order valence-electron chi connectivity index (χ4n) is 1.08. The van der Waals surface area contributed by atoms with Gasteiger partial charge in [0.2, 0.25) is 0 Å². The second kappa shape index (κ2) is 3.44. The smallest absolute Gasteiger partial charge is 0.265 e. The topological polar surface area (TPSA) is 17.1 Å². The van der Waals surface area contributed by atoms with Crippen LogP contribution in [0.5, 0.6) is 0 Å². The third-order valence-corrected chi connectivity index (χ3v) is 3.77. The lowest BCUT2D eigenvalue weighted by molar-refractivity contribution is 1.48. The molecule has 1 aromatic carbocycles. The Morgan fingerprint density at radius 3 is 2.38 bits per heavy atom. The highest BCUT2D eigenvalue weighted by molar-refractivity contribution is 7.28. The molecule has 0 bridgehead atoms. The summed E-state index contributed by atoms with van der Waals surface area (Å²) < 4.78 is 0.163. The van der Waals surface area contributed by atoms with Crippen LogP contribution in [0.3, 0.4) is 0 Å². The Bertz CT molecular complexity index is 450. The van der Waals surface area contributed by atoms with Gasteiger partial charge in [-0.3, -0.25) is 4.79 Å². The second-order valence-electron chi connectivity index (χ2n) is 2.82. The van der Waals surface area contributed by atoms with Crippen LogP contribution >= 0.6 is 22.7 Å². The maximum absolute atomic E-state index is 11.0. The van der Waals surface area contributed by atoms with E-state index >= 15 is 0 Å². The van der Waals surface area contributed by atoms with E-state index in [4.69, 9.17) is 0 Å². The molecule has 13 heavy (non-hydrogen) atoms. The van der Waals surface area contributed by atoms with Crippen LogP contribution in [0.2, 0.25) is 0 Å². The Labute approximate surface area is 84.3 Å². The molecule has 0 aliphatic heterocycles. The van der Waals surface area contributed by atoms with Gasteiger partial charge in [-0.1, -0.05) is 52.5 Å². The summed E-state index contributed by atoms with van der Waals surface area (Å²) in [5.74, 6) is 0. The quantitative estimate of drug-likeness (QED) is 0.703. The molecule has 0 unspecified atom stereocenters. The number of aryl methyl sites for hydroxylation is 1. The maximum Gasteiger partial charge on any atom is 0.287 e. The predicted octanol–water partition coefficient (Wildman–Crippen LogP) is 3.15. The van der Waals surface area contributed by atoms with E-state index in [1.165, 1.54) is 28.2 Å². The van der Waals surface area contributed by atoms with Gasteiger partial charge in [-0.25, -0.2) is 0 Å². The molecule has 1 nitrogen and oxygen atoms in total. The Morgan fingerprint density at radius 1 is 1.15 bits per heavy atom. The maximum atomic E-state index is 11.0. The van der Waals surface area contributed by atoms with Crippen LogP contribution in [0, 0.1) is 6.92 Å². The van der Waals surface area contributed by atoms with Crippen LogP contribution < -0.4 is 4.06 Å². The summed E-state index contributed by atoms with van der Waals surface area (Å²) in [5.41, 5.74) is 2.38. The fourth-order valence-corrected chi connectivity index (χ4v) is 2.80. The van der Waals surface area contributed by atoms with E-state index in [0.717, 1.165) is 10.4 Å². The van der Waals surface area contributed by atoms with Crippen LogP contribution in [0.15, 0.2) is 34.4 Å². The van der Waals surface area contributed by atoms with E-state index in [1.807, 2.05) is 17.5 Å². The average Bonchev–Trinajstić information content (AvgIpc) is 2.53. The second-order valence-corrected chi connectivity index (χ2v) is 4.93. The normalized spacial score (nSPS) is 10.2. The Balaban J connectivity index is 2.47. The van der Waals surface area contributed by atoms with Gasteiger partial charge in [-0.15, -0.1) is 0 Å². The van der Waals surface area contributed by atoms with E-state index in [2.05, 4.69) is 19.1 Å². The van der Waals surface area contributed by atoms with E-state index in [0.29, 0.717) is 0 Å². The lowest BCUT2D eigenvalue weighted by Gasteiger charge is -1.95. The molecule has 0 saturated heterocycles. The molecule has 0 aliphatic rings. The minimum atomic E-state index is 0.163. The summed E-state index contributed by atoms with van der Waals surface area (Å²) in [4.78, 5) is 12.0. The van der Waals surface area contributed by atoms with Crippen LogP contribution in [-0.4, -0.2) is 0 Å². The average molecular weight is 208 g/mol. The minimum Gasteiger partial charge on any atom is -0.265 e. The Kier molecular flexibility index (Phi) is 2.29. The largest absolute Gasteiger partial charge is 0.287 e. The zero-order valence-corrected chi connectivity index (χ0v) is 8.74. The van der Waals surface area contributed by atoms with Gasteiger partial charge in [-0.05, 0) is 12.5 Å². The van der Waals surface area contributed by atoms with E-state index in [-0.39, 0.29) is 4.06 Å². The molecule has 0 radical (unpaired) electrons. The predicted molar refractivity (Wildman–Crippen MR) is 58.6 cm³/mol. The molecular formula is C10H8OS2. The highest BCUT2D eigenvalue weighted by Crippen LogP contribution is 2.23. The first-order chi connectivity index (χ1) is 6.25. The van der Waals surface area contributed by atoms with Gasteiger partial charge < -0.3 is 0 Å². The van der Waals surface area contributed by atoms with Crippen molar-refractivity contribution in [2.24, 2.45) is 0 Å². The van der Waals surface area contributed by atoms with Gasteiger partial charge in [0.05, 0.1) is 0 Å². The van der Waals surface area contributed by atoms with Gasteiger partial charge >= 0.3 is 0 Å². The molecule has 0 spiro atoms. The highest BCUT2D eigenvalue weighted by Gasteiger charge is 2.00. The molecular weight excluding hydrogens is 200 g/mol. The summed E-state index contributed by atoms with van der Waals surface area (Å²) >= 11 is 2.58. The van der Waals surface area contributed by atoms with E-state index in [9.17, 15) is 4.79 Å². The minimum absolute atomic E-state index is 0.163. The molecule has 1 aromatic heterocycles. The van der Waals surface area contributed by atoms with E-state index in [1.54, 1.807) is 0 Å². The van der Waals surface area contributed by atoms with Crippen molar-refractivity contribution in [2.45, 2.75) is 6.92 Å². The van der Waals surface area contributed by atoms with Crippen LogP contribution in [0.25, 0.3) is 10.4 Å². The summed E-state index contributed by atoms with van der Waals surface area (Å²) in [6.07, 6.45) is 0. The fraction of sp³-hybridized carbons (Fsp3) is 0.100. The number of hydrogen-bond acceptors (Lipinski definition) is 3. The van der Waals surface area contributed by atoms with Crippen molar-refractivity contribution in [1.82, 2.24) is 0 Å². The molecule has 0 aliphatic carbocycles. The Hall–Kier alpha value is -0.930. The number of benzene rings is 1. The molecule has 2 aromatic rings. The Morgan fingerprint density at radius 2 is 1.85 bits per heavy atom. The summed E-state index contributed by atoms with van der Waals surface area (Å²) in [6.45, 7) is 2.06. The van der Waals surface area contributed by atoms with Gasteiger partial charge in [0.1, 0.15) is 0 Å². The molecule has 0 saturated carbocycles. The van der Waals surface area contributed by atoms with Crippen molar-refractivity contribution in [1.29, 1.82) is 0 Å². The van der Waals surface area contributed by atoms with Crippen molar-refractivity contribution in [2.75, 3.05) is 0 Å². The first-order valence-electron chi connectivity index (χ1n) is 3.91. The van der Waals surface area contributed by atoms with Gasteiger partial charge in [0.25, 0.3) is 4.06 Å². The zero-order chi connectivity index (χ0) is 9.26. The van der Waals surface area contributed by atoms with Gasteiger partial charge in [0.15, 0.2) is 0 Å². The van der Waals surface area contributed by atoms with Crippen LogP contribution in [0.4, 0.5) is 0 Å². The van der Waals surface area contributed by atoms with Crippen LogP contribution in [-0.2, 0) is 0 Å². The lowest BCUT2D eigenvalue weighted by atomic mass is 10.1. The monoisotopic (exact) mass is 208 g/mol. The molecule has 0 fully saturated rings. The SMILES string of the molecule is Cc1ccc(-c2csc(=O)s2)cc1. The summed E-state index contributed by atoms with van der Waals surface area (Å²) in [5, 5.41) is 1.91. The van der Waals surface area contributed by atoms with Crippen molar-refractivity contribution < 1.29 is 0 Å². The lowest BCUT2D eigenvalue weighted by Crippen LogP contribution is -1.76. The molecule has 0 N–H and O–H groups in total. The first kappa shape index (κ1) is 8.66. The standard InChI is InChI=1S/C10H8OS2/c1-7-2-4-8(5-3-7)9-6-12-10(11)13-9/h2-6H,1H3. The zero-order valence-electron chi connectivity index (χ0n) is 7.11. The molecule has 66 valence electrons. The summed E-state index contributed by atoms with van der Waals surface area (Å²) in [6, 6.07) is 8.22. The third-order valence-electron chi connectivity index (χ3n) is 1.79. The molecule has 2 rings (SSSR count). The van der Waals surface area contributed by atoms with Crippen molar-refractivity contribution in [3.8, 4) is 10.4 Å². The van der Waals surface area contributed by atoms with Crippen molar-refractivity contribution in [3.63, 3.8) is 0 Å². The molecule has 3 heteroatoms.